The Morgan fingerprint density at radius 2 is 2.26 bits per heavy atom. The van der Waals surface area contributed by atoms with Crippen LogP contribution in [0.4, 0.5) is 5.69 Å². The van der Waals surface area contributed by atoms with Crippen LogP contribution in [0.25, 0.3) is 0 Å². The van der Waals surface area contributed by atoms with Crippen molar-refractivity contribution in [2.45, 2.75) is 31.8 Å². The van der Waals surface area contributed by atoms with Gasteiger partial charge in [-0.1, -0.05) is 0 Å². The Hall–Kier alpha value is -0.920. The van der Waals surface area contributed by atoms with E-state index in [0.29, 0.717) is 10.2 Å². The Morgan fingerprint density at radius 1 is 1.47 bits per heavy atom. The Morgan fingerprint density at radius 3 is 2.95 bits per heavy atom. The molecular weight excluding hydrogens is 312 g/mol. The van der Waals surface area contributed by atoms with E-state index in [9.17, 15) is 4.79 Å². The van der Waals surface area contributed by atoms with E-state index >= 15 is 0 Å². The van der Waals surface area contributed by atoms with Crippen LogP contribution in [0.2, 0.25) is 0 Å². The summed E-state index contributed by atoms with van der Waals surface area (Å²) in [5, 5.41) is 19.4. The van der Waals surface area contributed by atoms with Crippen LogP contribution in [0.3, 0.4) is 0 Å². The molecule has 0 atom stereocenters. The fraction of sp³-hybridized carbons (Fsp3) is 0.667. The first kappa shape index (κ1) is 14.5. The quantitative estimate of drug-likeness (QED) is 0.607. The van der Waals surface area contributed by atoms with E-state index in [1.54, 1.807) is 6.20 Å². The van der Waals surface area contributed by atoms with Crippen molar-refractivity contribution in [2.24, 2.45) is 0 Å². The number of halogens is 1. The molecule has 1 aliphatic rings. The van der Waals surface area contributed by atoms with Crippen molar-refractivity contribution >= 4 is 21.6 Å². The number of aromatic nitrogens is 2. The molecule has 7 heteroatoms. The van der Waals surface area contributed by atoms with E-state index in [4.69, 9.17) is 5.11 Å². The molecule has 1 aromatic rings. The van der Waals surface area contributed by atoms with Crippen molar-refractivity contribution in [1.29, 1.82) is 0 Å². The van der Waals surface area contributed by atoms with Gasteiger partial charge < -0.3 is 15.7 Å². The summed E-state index contributed by atoms with van der Waals surface area (Å²) in [5.74, 6) is 0. The molecule has 1 heterocycles. The first-order valence-electron chi connectivity index (χ1n) is 6.56. The molecule has 0 saturated heterocycles. The second-order valence-corrected chi connectivity index (χ2v) is 5.43. The second-order valence-electron chi connectivity index (χ2n) is 4.63. The van der Waals surface area contributed by atoms with E-state index in [0.717, 1.165) is 25.6 Å². The minimum Gasteiger partial charge on any atom is -0.394 e. The number of rotatable bonds is 8. The molecular formula is C12H19BrN4O2. The fourth-order valence-electron chi connectivity index (χ4n) is 1.75. The minimum atomic E-state index is -0.227. The van der Waals surface area contributed by atoms with Crippen LogP contribution in [0, 0.1) is 0 Å². The average Bonchev–Trinajstić information content (AvgIpc) is 3.21. The lowest BCUT2D eigenvalue weighted by atomic mass is 10.4. The van der Waals surface area contributed by atoms with Crippen LogP contribution in [-0.4, -0.2) is 40.6 Å². The molecule has 0 bridgehead atoms. The van der Waals surface area contributed by atoms with Gasteiger partial charge in [0.15, 0.2) is 0 Å². The molecule has 0 amide bonds. The topological polar surface area (TPSA) is 79.2 Å². The molecule has 106 valence electrons. The predicted octanol–water partition coefficient (Wildman–Crippen LogP) is 0.552. The Balaban J connectivity index is 1.82. The molecule has 0 aromatic carbocycles. The third-order valence-corrected chi connectivity index (χ3v) is 3.74. The van der Waals surface area contributed by atoms with Gasteiger partial charge in [0.2, 0.25) is 0 Å². The zero-order chi connectivity index (χ0) is 13.7. The highest BCUT2D eigenvalue weighted by Crippen LogP contribution is 2.18. The number of nitrogens with one attached hydrogen (secondary N) is 2. The second kappa shape index (κ2) is 7.02. The molecule has 1 saturated carbocycles. The molecule has 3 N–H and O–H groups in total. The van der Waals surface area contributed by atoms with Crippen molar-refractivity contribution in [1.82, 2.24) is 15.1 Å². The van der Waals surface area contributed by atoms with Crippen LogP contribution in [0.1, 0.15) is 19.3 Å². The third kappa shape index (κ3) is 4.29. The fourth-order valence-corrected chi connectivity index (χ4v) is 2.19. The van der Waals surface area contributed by atoms with Crippen LogP contribution < -0.4 is 16.2 Å². The summed E-state index contributed by atoms with van der Waals surface area (Å²) in [6.45, 7) is 1.90. The number of hydrogen-bond acceptors (Lipinski definition) is 5. The van der Waals surface area contributed by atoms with E-state index in [1.165, 1.54) is 17.5 Å². The molecule has 0 spiro atoms. The highest BCUT2D eigenvalue weighted by molar-refractivity contribution is 9.10. The van der Waals surface area contributed by atoms with E-state index in [-0.39, 0.29) is 18.7 Å². The summed E-state index contributed by atoms with van der Waals surface area (Å²) >= 11 is 3.27. The predicted molar refractivity (Wildman–Crippen MR) is 77.4 cm³/mol. The van der Waals surface area contributed by atoms with Crippen molar-refractivity contribution in [3.05, 3.63) is 21.0 Å². The Labute approximate surface area is 120 Å². The SMILES string of the molecule is O=c1c(Br)c(NCCCNC2CC2)cnn1CCO. The van der Waals surface area contributed by atoms with Gasteiger partial charge in [-0.05, 0) is 41.7 Å². The van der Waals surface area contributed by atoms with Gasteiger partial charge in [-0.25, -0.2) is 4.68 Å². The first-order chi connectivity index (χ1) is 9.22. The smallest absolute Gasteiger partial charge is 0.283 e. The summed E-state index contributed by atoms with van der Waals surface area (Å²) in [6, 6.07) is 0.732. The summed E-state index contributed by atoms with van der Waals surface area (Å²) < 4.78 is 1.70. The van der Waals surface area contributed by atoms with Crippen LogP contribution in [-0.2, 0) is 6.54 Å². The maximum absolute atomic E-state index is 11.9. The highest BCUT2D eigenvalue weighted by Gasteiger charge is 2.19. The normalized spacial score (nSPS) is 14.6. The lowest BCUT2D eigenvalue weighted by molar-refractivity contribution is 0.266. The van der Waals surface area contributed by atoms with Crippen LogP contribution in [0.5, 0.6) is 0 Å². The summed E-state index contributed by atoms with van der Waals surface area (Å²) in [6.07, 6.45) is 5.20. The van der Waals surface area contributed by atoms with Crippen molar-refractivity contribution in [3.63, 3.8) is 0 Å². The van der Waals surface area contributed by atoms with Gasteiger partial charge in [0.25, 0.3) is 5.56 Å². The number of hydrogen-bond donors (Lipinski definition) is 3. The van der Waals surface area contributed by atoms with Gasteiger partial charge in [-0.3, -0.25) is 4.79 Å². The van der Waals surface area contributed by atoms with Crippen molar-refractivity contribution in [3.8, 4) is 0 Å². The van der Waals surface area contributed by atoms with Gasteiger partial charge >= 0.3 is 0 Å². The maximum Gasteiger partial charge on any atom is 0.283 e. The van der Waals surface area contributed by atoms with E-state index in [2.05, 4.69) is 31.7 Å². The molecule has 1 aliphatic carbocycles. The standard InChI is InChI=1S/C12H19BrN4O2/c13-11-10(8-16-17(6-7-18)12(11)19)15-5-1-4-14-9-2-3-9/h8-9,14-15,18H,1-7H2. The maximum atomic E-state index is 11.9. The largest absolute Gasteiger partial charge is 0.394 e. The minimum absolute atomic E-state index is 0.0983. The van der Waals surface area contributed by atoms with Gasteiger partial charge in [0.05, 0.1) is 25.0 Å². The van der Waals surface area contributed by atoms with Crippen molar-refractivity contribution in [2.75, 3.05) is 25.0 Å². The molecule has 1 fully saturated rings. The number of nitrogens with zero attached hydrogens (tertiary/aromatic N) is 2. The van der Waals surface area contributed by atoms with Gasteiger partial charge in [-0.2, -0.15) is 5.10 Å². The van der Waals surface area contributed by atoms with Crippen molar-refractivity contribution < 1.29 is 5.11 Å². The molecule has 2 rings (SSSR count). The summed E-state index contributed by atoms with van der Waals surface area (Å²) in [7, 11) is 0. The lowest BCUT2D eigenvalue weighted by Crippen LogP contribution is -2.26. The zero-order valence-electron chi connectivity index (χ0n) is 10.7. The highest BCUT2D eigenvalue weighted by atomic mass is 79.9. The molecule has 1 aromatic heterocycles. The summed E-state index contributed by atoms with van der Waals surface area (Å²) in [4.78, 5) is 11.9. The van der Waals surface area contributed by atoms with Crippen LogP contribution in [0.15, 0.2) is 15.5 Å². The monoisotopic (exact) mass is 330 g/mol. The number of aliphatic hydroxyl groups is 1. The van der Waals surface area contributed by atoms with Gasteiger partial charge in [-0.15, -0.1) is 0 Å². The van der Waals surface area contributed by atoms with Gasteiger partial charge in [0.1, 0.15) is 4.47 Å². The number of aliphatic hydroxyl groups excluding tert-OH is 1. The average molecular weight is 331 g/mol. The lowest BCUT2D eigenvalue weighted by Gasteiger charge is -2.10. The van der Waals surface area contributed by atoms with E-state index in [1.807, 2.05) is 0 Å². The molecule has 0 aliphatic heterocycles. The van der Waals surface area contributed by atoms with E-state index < -0.39 is 0 Å². The van der Waals surface area contributed by atoms with Gasteiger partial charge in [0, 0.05) is 12.6 Å². The number of anilines is 1. The third-order valence-electron chi connectivity index (χ3n) is 2.98. The first-order valence-corrected chi connectivity index (χ1v) is 7.35. The Bertz CT molecular complexity index is 473. The molecule has 6 nitrogen and oxygen atoms in total. The molecule has 19 heavy (non-hydrogen) atoms. The molecule has 0 radical (unpaired) electrons. The molecule has 0 unspecified atom stereocenters. The zero-order valence-corrected chi connectivity index (χ0v) is 12.3. The van der Waals surface area contributed by atoms with Crippen LogP contribution >= 0.6 is 15.9 Å². The summed E-state index contributed by atoms with van der Waals surface area (Å²) in [5.41, 5.74) is 0.473. The Kier molecular flexibility index (Phi) is 5.35.